The van der Waals surface area contributed by atoms with E-state index < -0.39 is 28.6 Å². The third kappa shape index (κ3) is 7.07. The standard InChI is InChI=1S/C30H26N2O5S/c1-2-7-22-8-5-9-25(18-22)24-15-13-23(14-16-24)19-28(32-38(35,36)29-12-3-4-17-31-29)26-10-6-11-27(20-26)37-21-30(33)34/h3-6,8-18,20,28,32H,19,21H2,1H3,(H,33,34). The minimum atomic E-state index is -3.94. The molecule has 0 aliphatic heterocycles. The number of ether oxygens (including phenoxy) is 1. The van der Waals surface area contributed by atoms with Gasteiger partial charge in [-0.1, -0.05) is 60.5 Å². The number of sulfonamides is 1. The van der Waals surface area contributed by atoms with Gasteiger partial charge in [0.1, 0.15) is 5.75 Å². The zero-order chi connectivity index (χ0) is 27.0. The van der Waals surface area contributed by atoms with Gasteiger partial charge in [0, 0.05) is 11.8 Å². The Morgan fingerprint density at radius 2 is 1.76 bits per heavy atom. The fourth-order valence-electron chi connectivity index (χ4n) is 3.94. The summed E-state index contributed by atoms with van der Waals surface area (Å²) >= 11 is 0. The number of carboxylic acid groups (broad SMARTS) is 1. The molecule has 1 heterocycles. The molecule has 4 aromatic rings. The van der Waals surface area contributed by atoms with E-state index in [1.165, 1.54) is 12.3 Å². The van der Waals surface area contributed by atoms with Crippen LogP contribution in [0, 0.1) is 11.8 Å². The number of aliphatic carboxylic acids is 1. The lowest BCUT2D eigenvalue weighted by molar-refractivity contribution is -0.139. The summed E-state index contributed by atoms with van der Waals surface area (Å²) in [5.41, 5.74) is 4.52. The van der Waals surface area contributed by atoms with E-state index in [0.717, 1.165) is 22.3 Å². The number of pyridine rings is 1. The van der Waals surface area contributed by atoms with E-state index in [1.54, 1.807) is 43.3 Å². The quantitative estimate of drug-likeness (QED) is 0.286. The van der Waals surface area contributed by atoms with E-state index in [2.05, 4.69) is 21.5 Å². The summed E-state index contributed by atoms with van der Waals surface area (Å²) in [6.45, 7) is 1.30. The molecule has 0 bridgehead atoms. The highest BCUT2D eigenvalue weighted by atomic mass is 32.2. The number of nitrogens with one attached hydrogen (secondary N) is 1. The molecule has 0 fully saturated rings. The molecule has 0 aliphatic carbocycles. The second kappa shape index (κ2) is 12.2. The SMILES string of the molecule is CC#Cc1cccc(-c2ccc(CC(NS(=O)(=O)c3ccccn3)c3cccc(OCC(=O)O)c3)cc2)c1. The minimum Gasteiger partial charge on any atom is -0.482 e. The van der Waals surface area contributed by atoms with Crippen LogP contribution in [-0.4, -0.2) is 31.1 Å². The smallest absolute Gasteiger partial charge is 0.341 e. The van der Waals surface area contributed by atoms with Gasteiger partial charge in [0.15, 0.2) is 11.6 Å². The van der Waals surface area contributed by atoms with Gasteiger partial charge >= 0.3 is 5.97 Å². The fourth-order valence-corrected chi connectivity index (χ4v) is 5.11. The number of hydrogen-bond donors (Lipinski definition) is 2. The maximum absolute atomic E-state index is 13.1. The van der Waals surface area contributed by atoms with Crippen molar-refractivity contribution >= 4 is 16.0 Å². The van der Waals surface area contributed by atoms with Crippen molar-refractivity contribution in [3.05, 3.63) is 114 Å². The molecule has 3 aromatic carbocycles. The number of hydrogen-bond acceptors (Lipinski definition) is 5. The molecule has 4 rings (SSSR count). The lowest BCUT2D eigenvalue weighted by atomic mass is 9.97. The molecule has 0 saturated carbocycles. The van der Waals surface area contributed by atoms with E-state index in [-0.39, 0.29) is 5.03 Å². The number of rotatable bonds is 10. The fraction of sp³-hybridized carbons (Fsp3) is 0.133. The maximum Gasteiger partial charge on any atom is 0.341 e. The van der Waals surface area contributed by atoms with Crippen molar-refractivity contribution in [1.82, 2.24) is 9.71 Å². The highest BCUT2D eigenvalue weighted by Crippen LogP contribution is 2.27. The number of carboxylic acids is 1. The zero-order valence-electron chi connectivity index (χ0n) is 20.7. The molecule has 2 N–H and O–H groups in total. The van der Waals surface area contributed by atoms with Crippen molar-refractivity contribution in [3.63, 3.8) is 0 Å². The molecule has 0 spiro atoms. The molecule has 0 radical (unpaired) electrons. The third-order valence-corrected chi connectivity index (χ3v) is 7.08. The summed E-state index contributed by atoms with van der Waals surface area (Å²) in [4.78, 5) is 14.9. The first-order valence-electron chi connectivity index (χ1n) is 11.8. The van der Waals surface area contributed by atoms with Gasteiger partial charge in [-0.05, 0) is 72.0 Å². The Kier molecular flexibility index (Phi) is 8.54. The van der Waals surface area contributed by atoms with E-state index in [9.17, 15) is 13.2 Å². The summed E-state index contributed by atoms with van der Waals surface area (Å²) in [5.74, 6) is 5.20. The topological polar surface area (TPSA) is 106 Å². The Balaban J connectivity index is 1.63. The monoisotopic (exact) mass is 526 g/mol. The number of nitrogens with zero attached hydrogens (tertiary/aromatic N) is 1. The Morgan fingerprint density at radius 1 is 0.974 bits per heavy atom. The van der Waals surface area contributed by atoms with Gasteiger partial charge in [-0.3, -0.25) is 0 Å². The lowest BCUT2D eigenvalue weighted by Crippen LogP contribution is -2.30. The minimum absolute atomic E-state index is 0.0892. The summed E-state index contributed by atoms with van der Waals surface area (Å²) in [7, 11) is -3.94. The van der Waals surface area contributed by atoms with Crippen LogP contribution in [0.5, 0.6) is 5.75 Å². The van der Waals surface area contributed by atoms with E-state index in [4.69, 9.17) is 9.84 Å². The largest absolute Gasteiger partial charge is 0.482 e. The zero-order valence-corrected chi connectivity index (χ0v) is 21.5. The predicted molar refractivity (Wildman–Crippen MR) is 145 cm³/mol. The first kappa shape index (κ1) is 26.6. The van der Waals surface area contributed by atoms with Crippen molar-refractivity contribution in [1.29, 1.82) is 0 Å². The van der Waals surface area contributed by atoms with Crippen LogP contribution in [0.15, 0.2) is 102 Å². The number of aromatic nitrogens is 1. The Bertz CT molecular complexity index is 1570. The van der Waals surface area contributed by atoms with Crippen molar-refractivity contribution < 1.29 is 23.1 Å². The summed E-state index contributed by atoms with van der Waals surface area (Å²) in [6.07, 6.45) is 1.76. The average Bonchev–Trinajstić information content (AvgIpc) is 2.93. The summed E-state index contributed by atoms with van der Waals surface area (Å²) in [5, 5.41) is 8.85. The number of carbonyl (C=O) groups is 1. The Morgan fingerprint density at radius 3 is 2.47 bits per heavy atom. The van der Waals surface area contributed by atoms with Gasteiger partial charge in [0.25, 0.3) is 10.0 Å². The van der Waals surface area contributed by atoms with Crippen LogP contribution < -0.4 is 9.46 Å². The average molecular weight is 527 g/mol. The van der Waals surface area contributed by atoms with Crippen molar-refractivity contribution in [2.24, 2.45) is 0 Å². The normalized spacial score (nSPS) is 11.7. The van der Waals surface area contributed by atoms with E-state index >= 15 is 0 Å². The highest BCUT2D eigenvalue weighted by Gasteiger charge is 2.23. The maximum atomic E-state index is 13.1. The molecule has 1 atom stereocenters. The summed E-state index contributed by atoms with van der Waals surface area (Å²) in [6, 6.07) is 26.6. The van der Waals surface area contributed by atoms with Crippen LogP contribution in [0.25, 0.3) is 11.1 Å². The van der Waals surface area contributed by atoms with Gasteiger partial charge in [-0.2, -0.15) is 0 Å². The van der Waals surface area contributed by atoms with Gasteiger partial charge in [-0.25, -0.2) is 22.9 Å². The molecule has 8 heteroatoms. The molecular formula is C30H26N2O5S. The highest BCUT2D eigenvalue weighted by molar-refractivity contribution is 7.89. The van der Waals surface area contributed by atoms with Crippen molar-refractivity contribution in [2.45, 2.75) is 24.4 Å². The van der Waals surface area contributed by atoms with Gasteiger partial charge in [-0.15, -0.1) is 5.92 Å². The second-order valence-corrected chi connectivity index (χ2v) is 10.1. The van der Waals surface area contributed by atoms with Crippen molar-refractivity contribution in [2.75, 3.05) is 6.61 Å². The van der Waals surface area contributed by atoms with Crippen LogP contribution in [-0.2, 0) is 21.2 Å². The summed E-state index contributed by atoms with van der Waals surface area (Å²) < 4.78 is 34.3. The van der Waals surface area contributed by atoms with Crippen LogP contribution in [0.4, 0.5) is 0 Å². The Hall–Kier alpha value is -4.45. The third-order valence-electron chi connectivity index (χ3n) is 5.69. The van der Waals surface area contributed by atoms with Crippen LogP contribution in [0.3, 0.4) is 0 Å². The number of benzene rings is 3. The first-order valence-corrected chi connectivity index (χ1v) is 13.3. The second-order valence-electron chi connectivity index (χ2n) is 8.45. The van der Waals surface area contributed by atoms with Gasteiger partial charge < -0.3 is 9.84 Å². The van der Waals surface area contributed by atoms with E-state index in [1.807, 2.05) is 48.5 Å². The predicted octanol–water partition coefficient (Wildman–Crippen LogP) is 4.85. The molecule has 192 valence electrons. The molecule has 1 aromatic heterocycles. The van der Waals surface area contributed by atoms with Gasteiger partial charge in [0.05, 0.1) is 6.04 Å². The molecule has 7 nitrogen and oxygen atoms in total. The Labute approximate surface area is 222 Å². The molecule has 1 unspecified atom stereocenters. The van der Waals surface area contributed by atoms with E-state index in [0.29, 0.717) is 17.7 Å². The van der Waals surface area contributed by atoms with Crippen LogP contribution in [0.2, 0.25) is 0 Å². The molecular weight excluding hydrogens is 500 g/mol. The van der Waals surface area contributed by atoms with Crippen molar-refractivity contribution in [3.8, 4) is 28.7 Å². The molecule has 0 aliphatic rings. The lowest BCUT2D eigenvalue weighted by Gasteiger charge is -2.20. The van der Waals surface area contributed by atoms with Crippen LogP contribution >= 0.6 is 0 Å². The molecule has 0 amide bonds. The first-order chi connectivity index (χ1) is 18.3. The molecule has 0 saturated heterocycles. The molecule has 38 heavy (non-hydrogen) atoms. The van der Waals surface area contributed by atoms with Gasteiger partial charge in [0.2, 0.25) is 0 Å². The van der Waals surface area contributed by atoms with Crippen LogP contribution in [0.1, 0.15) is 29.7 Å².